The molecule has 0 fully saturated rings. The predicted octanol–water partition coefficient (Wildman–Crippen LogP) is 7.46. The highest BCUT2D eigenvalue weighted by Gasteiger charge is 2.32. The molecule has 0 aromatic rings. The molecule has 0 aromatic heterocycles. The van der Waals surface area contributed by atoms with E-state index < -0.39 is 11.4 Å². The molecule has 0 spiro atoms. The van der Waals surface area contributed by atoms with Crippen molar-refractivity contribution in [3.8, 4) is 0 Å². The number of unbranched alkanes of at least 4 members (excludes halogenated alkanes) is 12. The van der Waals surface area contributed by atoms with Crippen LogP contribution in [0.15, 0.2) is 12.2 Å². The van der Waals surface area contributed by atoms with Crippen molar-refractivity contribution >= 4 is 5.97 Å². The Bertz CT molecular complexity index is 392. The van der Waals surface area contributed by atoms with Gasteiger partial charge in [-0.1, -0.05) is 83.3 Å². The smallest absolute Gasteiger partial charge is 0.309 e. The monoisotopic (exact) mass is 395 g/mol. The fourth-order valence-corrected chi connectivity index (χ4v) is 3.57. The fourth-order valence-electron chi connectivity index (χ4n) is 3.57. The van der Waals surface area contributed by atoms with Crippen molar-refractivity contribution in [2.24, 2.45) is 5.41 Å². The van der Waals surface area contributed by atoms with Crippen LogP contribution in [0.1, 0.15) is 117 Å². The number of carboxylic acid groups (broad SMARTS) is 1. The predicted molar refractivity (Wildman–Crippen MR) is 123 cm³/mol. The van der Waals surface area contributed by atoms with Gasteiger partial charge in [0, 0.05) is 0 Å². The number of carbonyl (C=O) groups is 1. The van der Waals surface area contributed by atoms with Gasteiger partial charge in [-0.25, -0.2) is 0 Å². The average molecular weight is 396 g/mol. The molecule has 0 heterocycles. The van der Waals surface area contributed by atoms with Gasteiger partial charge in [0.2, 0.25) is 0 Å². The van der Waals surface area contributed by atoms with Crippen molar-refractivity contribution in [3.63, 3.8) is 0 Å². The Labute approximate surface area is 176 Å². The fraction of sp³-hybridized carbons (Fsp3) is 0.880. The van der Waals surface area contributed by atoms with Gasteiger partial charge in [-0.2, -0.15) is 0 Å². The molecule has 0 radical (unpaired) electrons. The summed E-state index contributed by atoms with van der Waals surface area (Å²) in [6, 6.07) is 0. The average Bonchev–Trinajstić information content (AvgIpc) is 2.66. The topological polar surface area (TPSA) is 40.5 Å². The summed E-state index contributed by atoms with van der Waals surface area (Å²) in [7, 11) is 4.01. The summed E-state index contributed by atoms with van der Waals surface area (Å²) < 4.78 is 0. The summed E-state index contributed by atoms with van der Waals surface area (Å²) in [6.07, 6.45) is 24.4. The second-order valence-corrected chi connectivity index (χ2v) is 9.11. The maximum Gasteiger partial charge on any atom is 0.309 e. The van der Waals surface area contributed by atoms with Gasteiger partial charge in [0.25, 0.3) is 0 Å². The van der Waals surface area contributed by atoms with Crippen molar-refractivity contribution in [1.29, 1.82) is 0 Å². The molecule has 0 saturated carbocycles. The first-order valence-corrected chi connectivity index (χ1v) is 12.0. The molecule has 1 N–H and O–H groups in total. The lowest BCUT2D eigenvalue weighted by molar-refractivity contribution is -0.149. The zero-order valence-corrected chi connectivity index (χ0v) is 19.5. The molecule has 0 aliphatic heterocycles. The summed E-state index contributed by atoms with van der Waals surface area (Å²) in [5, 5.41) is 9.55. The van der Waals surface area contributed by atoms with E-state index in [4.69, 9.17) is 0 Å². The minimum Gasteiger partial charge on any atom is -0.481 e. The molecule has 1 atom stereocenters. The highest BCUT2D eigenvalue weighted by atomic mass is 16.4. The Morgan fingerprint density at radius 1 is 0.786 bits per heavy atom. The zero-order chi connectivity index (χ0) is 21.1. The summed E-state index contributed by atoms with van der Waals surface area (Å²) in [4.78, 5) is 13.7. The van der Waals surface area contributed by atoms with Crippen LogP contribution in [0.25, 0.3) is 0 Å². The number of aliphatic carboxylic acids is 1. The van der Waals surface area contributed by atoms with Crippen molar-refractivity contribution in [3.05, 3.63) is 12.2 Å². The summed E-state index contributed by atoms with van der Waals surface area (Å²) in [6.45, 7) is 5.02. The Morgan fingerprint density at radius 2 is 1.25 bits per heavy atom. The first-order chi connectivity index (χ1) is 13.4. The lowest BCUT2D eigenvalue weighted by Crippen LogP contribution is -2.31. The molecule has 0 saturated heterocycles. The van der Waals surface area contributed by atoms with Gasteiger partial charge < -0.3 is 10.0 Å². The highest BCUT2D eigenvalue weighted by Crippen LogP contribution is 2.29. The molecule has 0 bridgehead atoms. The zero-order valence-electron chi connectivity index (χ0n) is 19.5. The van der Waals surface area contributed by atoms with Crippen molar-refractivity contribution in [2.75, 3.05) is 20.6 Å². The molecule has 0 aromatic carbocycles. The van der Waals surface area contributed by atoms with Crippen LogP contribution in [-0.4, -0.2) is 36.6 Å². The molecule has 0 aliphatic rings. The number of rotatable bonds is 20. The molecule has 3 heteroatoms. The molecule has 166 valence electrons. The van der Waals surface area contributed by atoms with E-state index >= 15 is 0 Å². The second-order valence-electron chi connectivity index (χ2n) is 9.11. The van der Waals surface area contributed by atoms with Gasteiger partial charge in [0.1, 0.15) is 0 Å². The van der Waals surface area contributed by atoms with E-state index in [0.29, 0.717) is 0 Å². The van der Waals surface area contributed by atoms with Crippen LogP contribution in [0.5, 0.6) is 0 Å². The van der Waals surface area contributed by atoms with E-state index in [1.807, 2.05) is 21.0 Å². The Balaban J connectivity index is 3.53. The van der Waals surface area contributed by atoms with E-state index in [1.165, 1.54) is 83.5 Å². The molecule has 0 aliphatic carbocycles. The third kappa shape index (κ3) is 16.2. The van der Waals surface area contributed by atoms with Crippen LogP contribution in [0, 0.1) is 5.41 Å². The summed E-state index contributed by atoms with van der Waals surface area (Å²) in [5.41, 5.74) is -0.564. The van der Waals surface area contributed by atoms with Crippen LogP contribution in [0.3, 0.4) is 0 Å². The van der Waals surface area contributed by atoms with Gasteiger partial charge in [-0.3, -0.25) is 4.79 Å². The second kappa shape index (κ2) is 18.2. The number of allylic oxidation sites excluding steroid dienone is 2. The first-order valence-electron chi connectivity index (χ1n) is 12.0. The van der Waals surface area contributed by atoms with Crippen molar-refractivity contribution in [1.82, 2.24) is 4.90 Å². The van der Waals surface area contributed by atoms with E-state index in [-0.39, 0.29) is 0 Å². The van der Waals surface area contributed by atoms with Crippen LogP contribution in [-0.2, 0) is 4.79 Å². The third-order valence-corrected chi connectivity index (χ3v) is 5.87. The third-order valence-electron chi connectivity index (χ3n) is 5.87. The van der Waals surface area contributed by atoms with Crippen LogP contribution in [0.4, 0.5) is 0 Å². The molecule has 0 rings (SSSR count). The largest absolute Gasteiger partial charge is 0.481 e. The maximum absolute atomic E-state index is 11.6. The molecule has 1 unspecified atom stereocenters. The molecule has 0 amide bonds. The van der Waals surface area contributed by atoms with Crippen molar-refractivity contribution in [2.45, 2.75) is 117 Å². The quantitative estimate of drug-likeness (QED) is 0.172. The Morgan fingerprint density at radius 3 is 1.71 bits per heavy atom. The van der Waals surface area contributed by atoms with E-state index in [2.05, 4.69) is 24.0 Å². The lowest BCUT2D eigenvalue weighted by Gasteiger charge is -2.26. The molecule has 3 nitrogen and oxygen atoms in total. The van der Waals surface area contributed by atoms with Gasteiger partial charge in [0.15, 0.2) is 0 Å². The number of hydrogen-bond acceptors (Lipinski definition) is 2. The number of carboxylic acids is 1. The van der Waals surface area contributed by atoms with E-state index in [0.717, 1.165) is 25.8 Å². The van der Waals surface area contributed by atoms with Crippen LogP contribution < -0.4 is 0 Å². The minimum atomic E-state index is -0.637. The number of nitrogens with zero attached hydrogens (tertiary/aromatic N) is 1. The van der Waals surface area contributed by atoms with Gasteiger partial charge in [0.05, 0.1) is 5.41 Å². The SMILES string of the molecule is CCCCCCCC/C=C\CCCCCCCCC(C)(CCN(C)C)C(=O)O. The van der Waals surface area contributed by atoms with E-state index in [1.54, 1.807) is 0 Å². The number of hydrogen-bond donors (Lipinski definition) is 1. The highest BCUT2D eigenvalue weighted by molar-refractivity contribution is 5.74. The lowest BCUT2D eigenvalue weighted by atomic mass is 9.81. The normalized spacial score (nSPS) is 14.0. The van der Waals surface area contributed by atoms with Gasteiger partial charge in [-0.05, 0) is 66.1 Å². The van der Waals surface area contributed by atoms with Gasteiger partial charge >= 0.3 is 5.97 Å². The minimum absolute atomic E-state index is 0.564. The molecular formula is C25H49NO2. The van der Waals surface area contributed by atoms with Gasteiger partial charge in [-0.15, -0.1) is 0 Å². The standard InChI is InChI=1S/C25H49NO2/c1-5-6-7-8-9-10-11-12-13-14-15-16-17-18-19-20-21-25(2,24(27)28)22-23-26(3)4/h12-13H,5-11,14-23H2,1-4H3,(H,27,28)/b13-12-. The van der Waals surface area contributed by atoms with Crippen LogP contribution in [0.2, 0.25) is 0 Å². The Kier molecular flexibility index (Phi) is 17.7. The first kappa shape index (κ1) is 27.2. The van der Waals surface area contributed by atoms with E-state index in [9.17, 15) is 9.90 Å². The molecular weight excluding hydrogens is 346 g/mol. The molecule has 28 heavy (non-hydrogen) atoms. The summed E-state index contributed by atoms with van der Waals surface area (Å²) in [5.74, 6) is -0.637. The van der Waals surface area contributed by atoms with Crippen molar-refractivity contribution < 1.29 is 9.90 Å². The Hall–Kier alpha value is -0.830. The maximum atomic E-state index is 11.6. The summed E-state index contributed by atoms with van der Waals surface area (Å²) >= 11 is 0. The van der Waals surface area contributed by atoms with Crippen LogP contribution >= 0.6 is 0 Å².